The molecule has 0 radical (unpaired) electrons. The number of para-hydroxylation sites is 2. The third kappa shape index (κ3) is 5.78. The van der Waals surface area contributed by atoms with Crippen LogP contribution in [0.5, 0.6) is 5.75 Å². The lowest BCUT2D eigenvalue weighted by molar-refractivity contribution is -0.121. The van der Waals surface area contributed by atoms with Gasteiger partial charge in [-0.2, -0.15) is 0 Å². The van der Waals surface area contributed by atoms with Crippen LogP contribution in [0.1, 0.15) is 23.2 Å². The third-order valence-corrected chi connectivity index (χ3v) is 7.19. The molecule has 0 atom stereocenters. The number of methoxy groups -OCH3 is 1. The van der Waals surface area contributed by atoms with E-state index >= 15 is 0 Å². The van der Waals surface area contributed by atoms with E-state index in [1.807, 2.05) is 0 Å². The minimum atomic E-state index is -3.90. The van der Waals surface area contributed by atoms with Crippen LogP contribution in [0, 0.1) is 5.92 Å². The maximum Gasteiger partial charge on any atom is 0.262 e. The second kappa shape index (κ2) is 10.6. The molecule has 2 heterocycles. The number of ether oxygens (including phenoxy) is 1. The van der Waals surface area contributed by atoms with Gasteiger partial charge in [-0.25, -0.2) is 8.42 Å². The number of sulfonamides is 1. The molecule has 182 valence electrons. The van der Waals surface area contributed by atoms with Crippen molar-refractivity contribution in [1.29, 1.82) is 0 Å². The molecule has 0 saturated carbocycles. The summed E-state index contributed by atoms with van der Waals surface area (Å²) in [6.45, 7) is 0.923. The summed E-state index contributed by atoms with van der Waals surface area (Å²) >= 11 is 0. The molecule has 2 amide bonds. The first-order chi connectivity index (χ1) is 16.9. The molecule has 0 spiro atoms. The van der Waals surface area contributed by atoms with Crippen molar-refractivity contribution < 1.29 is 22.7 Å². The van der Waals surface area contributed by atoms with Gasteiger partial charge in [0.05, 0.1) is 23.3 Å². The zero-order valence-electron chi connectivity index (χ0n) is 19.2. The number of piperidine rings is 1. The van der Waals surface area contributed by atoms with Crippen LogP contribution in [0.3, 0.4) is 0 Å². The van der Waals surface area contributed by atoms with Crippen LogP contribution in [-0.2, 0) is 14.8 Å². The largest absolute Gasteiger partial charge is 0.495 e. The van der Waals surface area contributed by atoms with Gasteiger partial charge in [0.1, 0.15) is 5.75 Å². The maximum absolute atomic E-state index is 12.9. The van der Waals surface area contributed by atoms with Crippen LogP contribution in [-0.4, -0.2) is 50.3 Å². The van der Waals surface area contributed by atoms with Crippen LogP contribution in [0.2, 0.25) is 0 Å². The van der Waals surface area contributed by atoms with E-state index in [4.69, 9.17) is 4.74 Å². The summed E-state index contributed by atoms with van der Waals surface area (Å²) in [6, 6.07) is 16.2. The van der Waals surface area contributed by atoms with E-state index in [-0.39, 0.29) is 22.6 Å². The van der Waals surface area contributed by atoms with Crippen molar-refractivity contribution in [3.05, 3.63) is 78.6 Å². The number of likely N-dealkylation sites (tertiary alicyclic amines) is 1. The predicted molar refractivity (Wildman–Crippen MR) is 132 cm³/mol. The van der Waals surface area contributed by atoms with Gasteiger partial charge >= 0.3 is 0 Å². The average Bonchev–Trinajstić information content (AvgIpc) is 2.89. The highest BCUT2D eigenvalue weighted by Crippen LogP contribution is 2.27. The van der Waals surface area contributed by atoms with Crippen molar-refractivity contribution in [3.8, 4) is 5.75 Å². The highest BCUT2D eigenvalue weighted by molar-refractivity contribution is 7.92. The van der Waals surface area contributed by atoms with Crippen LogP contribution in [0.4, 0.5) is 11.4 Å². The summed E-state index contributed by atoms with van der Waals surface area (Å²) in [6.07, 6.45) is 4.18. The lowest BCUT2D eigenvalue weighted by Crippen LogP contribution is -2.41. The first-order valence-electron chi connectivity index (χ1n) is 11.1. The molecular formula is C25H26N4O5S. The molecule has 35 heavy (non-hydrogen) atoms. The molecule has 10 heteroatoms. The molecule has 1 saturated heterocycles. The van der Waals surface area contributed by atoms with Gasteiger partial charge in [-0.15, -0.1) is 0 Å². The molecule has 1 aliphatic rings. The summed E-state index contributed by atoms with van der Waals surface area (Å²) in [7, 11) is -2.44. The summed E-state index contributed by atoms with van der Waals surface area (Å²) in [5.74, 6) is -0.183. The van der Waals surface area contributed by atoms with Gasteiger partial charge in [0.15, 0.2) is 0 Å². The average molecular weight is 495 g/mol. The first-order valence-corrected chi connectivity index (χ1v) is 12.6. The van der Waals surface area contributed by atoms with Crippen LogP contribution < -0.4 is 14.8 Å². The second-order valence-electron chi connectivity index (χ2n) is 8.13. The quantitative estimate of drug-likeness (QED) is 0.520. The van der Waals surface area contributed by atoms with E-state index in [0.717, 1.165) is 0 Å². The van der Waals surface area contributed by atoms with Crippen LogP contribution >= 0.6 is 0 Å². The van der Waals surface area contributed by atoms with Gasteiger partial charge in [-0.05, 0) is 55.3 Å². The Morgan fingerprint density at radius 1 is 1.03 bits per heavy atom. The Bertz CT molecular complexity index is 1310. The minimum absolute atomic E-state index is 0.0121. The molecule has 9 nitrogen and oxygen atoms in total. The van der Waals surface area contributed by atoms with Crippen molar-refractivity contribution in [1.82, 2.24) is 9.88 Å². The van der Waals surface area contributed by atoms with Crippen molar-refractivity contribution in [3.63, 3.8) is 0 Å². The molecule has 0 aliphatic carbocycles. The number of nitrogens with zero attached hydrogens (tertiary/aromatic N) is 2. The molecule has 1 aliphatic heterocycles. The van der Waals surface area contributed by atoms with Crippen molar-refractivity contribution in [2.75, 3.05) is 30.2 Å². The molecule has 2 aromatic carbocycles. The molecule has 3 aromatic rings. The number of benzene rings is 2. The van der Waals surface area contributed by atoms with E-state index in [1.54, 1.807) is 59.6 Å². The maximum atomic E-state index is 12.9. The number of carbonyl (C=O) groups excluding carboxylic acids is 2. The zero-order valence-corrected chi connectivity index (χ0v) is 20.0. The second-order valence-corrected chi connectivity index (χ2v) is 9.81. The number of nitrogens with one attached hydrogen (secondary N) is 2. The van der Waals surface area contributed by atoms with E-state index in [2.05, 4.69) is 15.0 Å². The van der Waals surface area contributed by atoms with E-state index in [1.165, 1.54) is 25.4 Å². The van der Waals surface area contributed by atoms with E-state index in [0.29, 0.717) is 48.6 Å². The smallest absolute Gasteiger partial charge is 0.262 e. The van der Waals surface area contributed by atoms with Gasteiger partial charge in [0.25, 0.3) is 15.9 Å². The Morgan fingerprint density at radius 3 is 2.51 bits per heavy atom. The highest BCUT2D eigenvalue weighted by Gasteiger charge is 2.28. The highest BCUT2D eigenvalue weighted by atomic mass is 32.2. The SMILES string of the molecule is COc1ccccc1NS(=O)(=O)c1cccc(NC(=O)C2CCN(C(=O)c3cccnc3)CC2)c1. The molecule has 2 N–H and O–H groups in total. The number of amides is 2. The van der Waals surface area contributed by atoms with Crippen LogP contribution in [0.15, 0.2) is 78.0 Å². The van der Waals surface area contributed by atoms with Crippen molar-refractivity contribution in [2.24, 2.45) is 5.92 Å². The topological polar surface area (TPSA) is 118 Å². The number of hydrogen-bond donors (Lipinski definition) is 2. The Morgan fingerprint density at radius 2 is 1.80 bits per heavy atom. The lowest BCUT2D eigenvalue weighted by Gasteiger charge is -2.31. The number of carbonyl (C=O) groups is 2. The molecule has 1 aromatic heterocycles. The number of pyridine rings is 1. The van der Waals surface area contributed by atoms with E-state index < -0.39 is 10.0 Å². The first kappa shape index (κ1) is 24.2. The molecular weight excluding hydrogens is 468 g/mol. The minimum Gasteiger partial charge on any atom is -0.495 e. The molecule has 1 fully saturated rings. The third-order valence-electron chi connectivity index (χ3n) is 5.82. The summed E-state index contributed by atoms with van der Waals surface area (Å²) in [5, 5.41) is 2.82. The number of hydrogen-bond acceptors (Lipinski definition) is 6. The number of anilines is 2. The van der Waals surface area contributed by atoms with E-state index in [9.17, 15) is 18.0 Å². The number of rotatable bonds is 7. The number of aromatic nitrogens is 1. The fourth-order valence-corrected chi connectivity index (χ4v) is 5.05. The predicted octanol–water partition coefficient (Wildman–Crippen LogP) is 3.38. The Labute approximate surface area is 204 Å². The fourth-order valence-electron chi connectivity index (χ4n) is 3.93. The van der Waals surface area contributed by atoms with Gasteiger partial charge < -0.3 is 15.0 Å². The van der Waals surface area contributed by atoms with Gasteiger partial charge in [0.2, 0.25) is 5.91 Å². The van der Waals surface area contributed by atoms with Gasteiger partial charge in [-0.3, -0.25) is 19.3 Å². The zero-order chi connectivity index (χ0) is 24.8. The summed E-state index contributed by atoms with van der Waals surface area (Å²) in [5.41, 5.74) is 1.22. The summed E-state index contributed by atoms with van der Waals surface area (Å²) < 4.78 is 33.5. The Balaban J connectivity index is 1.38. The Hall–Kier alpha value is -3.92. The van der Waals surface area contributed by atoms with Crippen LogP contribution in [0.25, 0.3) is 0 Å². The molecule has 0 unspecified atom stereocenters. The monoisotopic (exact) mass is 494 g/mol. The Kier molecular flexibility index (Phi) is 7.31. The lowest BCUT2D eigenvalue weighted by atomic mass is 9.95. The normalized spacial score (nSPS) is 14.3. The summed E-state index contributed by atoms with van der Waals surface area (Å²) in [4.78, 5) is 31.1. The fraction of sp³-hybridized carbons (Fsp3) is 0.240. The van der Waals surface area contributed by atoms with Crippen molar-refractivity contribution >= 4 is 33.2 Å². The van der Waals surface area contributed by atoms with Crippen molar-refractivity contribution in [2.45, 2.75) is 17.7 Å². The van der Waals surface area contributed by atoms with Gasteiger partial charge in [0, 0.05) is 37.1 Å². The molecule has 4 rings (SSSR count). The van der Waals surface area contributed by atoms with Gasteiger partial charge in [-0.1, -0.05) is 18.2 Å². The standard InChI is InChI=1S/C25H26N4O5S/c1-34-23-10-3-2-9-22(23)28-35(32,33)21-8-4-7-20(16-21)27-24(30)18-11-14-29(15-12-18)25(31)19-6-5-13-26-17-19/h2-10,13,16-18,28H,11-12,14-15H2,1H3,(H,27,30). The molecule has 0 bridgehead atoms.